The quantitative estimate of drug-likeness (QED) is 0.869. The van der Waals surface area contributed by atoms with Gasteiger partial charge in [0.05, 0.1) is 13.0 Å². The first-order valence-corrected chi connectivity index (χ1v) is 8.97. The summed E-state index contributed by atoms with van der Waals surface area (Å²) in [5, 5.41) is 5.94. The van der Waals surface area contributed by atoms with E-state index in [4.69, 9.17) is 4.74 Å². The Bertz CT molecular complexity index is 621. The van der Waals surface area contributed by atoms with E-state index in [2.05, 4.69) is 10.6 Å². The van der Waals surface area contributed by atoms with E-state index < -0.39 is 5.54 Å². The maximum Gasteiger partial charge on any atom is 0.245 e. The molecule has 130 valence electrons. The highest BCUT2D eigenvalue weighted by Crippen LogP contribution is 2.29. The fourth-order valence-electron chi connectivity index (χ4n) is 3.74. The van der Waals surface area contributed by atoms with Gasteiger partial charge in [0.15, 0.2) is 0 Å². The number of hydrogen-bond donors (Lipinski definition) is 2. The summed E-state index contributed by atoms with van der Waals surface area (Å²) < 4.78 is 5.50. The minimum absolute atomic E-state index is 0.0413. The fourth-order valence-corrected chi connectivity index (χ4v) is 3.74. The summed E-state index contributed by atoms with van der Waals surface area (Å²) in [6.45, 7) is 3.20. The van der Waals surface area contributed by atoms with Crippen molar-refractivity contribution < 1.29 is 14.3 Å². The van der Waals surface area contributed by atoms with Gasteiger partial charge in [-0.15, -0.1) is 0 Å². The molecule has 2 aliphatic rings. The minimum atomic E-state index is -0.731. The first kappa shape index (κ1) is 16.8. The molecule has 0 unspecified atom stereocenters. The van der Waals surface area contributed by atoms with Crippen LogP contribution in [0.2, 0.25) is 0 Å². The van der Waals surface area contributed by atoms with Crippen molar-refractivity contribution in [1.29, 1.82) is 0 Å². The SMILES string of the molecule is CCNC(=O)C1(NC(=O)Cc2ccc3c(c2)CCO3)CCCCC1. The van der Waals surface area contributed by atoms with Gasteiger partial charge >= 0.3 is 0 Å². The molecule has 0 bridgehead atoms. The zero-order valence-corrected chi connectivity index (χ0v) is 14.3. The summed E-state index contributed by atoms with van der Waals surface area (Å²) in [5.74, 6) is 0.799. The topological polar surface area (TPSA) is 67.4 Å². The van der Waals surface area contributed by atoms with Gasteiger partial charge in [-0.1, -0.05) is 31.4 Å². The molecule has 2 amide bonds. The number of rotatable bonds is 5. The maximum absolute atomic E-state index is 12.6. The summed E-state index contributed by atoms with van der Waals surface area (Å²) in [6.07, 6.45) is 5.73. The Morgan fingerprint density at radius 2 is 2.00 bits per heavy atom. The van der Waals surface area contributed by atoms with Crippen LogP contribution in [-0.4, -0.2) is 30.5 Å². The fraction of sp³-hybridized carbons (Fsp3) is 0.579. The second-order valence-electron chi connectivity index (χ2n) is 6.77. The van der Waals surface area contributed by atoms with Gasteiger partial charge in [0, 0.05) is 13.0 Å². The Balaban J connectivity index is 1.68. The summed E-state index contributed by atoms with van der Waals surface area (Å²) in [4.78, 5) is 25.1. The van der Waals surface area contributed by atoms with Crippen molar-refractivity contribution in [2.24, 2.45) is 0 Å². The molecule has 1 aliphatic carbocycles. The molecule has 1 aromatic carbocycles. The maximum atomic E-state index is 12.6. The molecule has 1 fully saturated rings. The van der Waals surface area contributed by atoms with E-state index in [0.717, 1.165) is 55.4 Å². The zero-order valence-electron chi connectivity index (χ0n) is 14.3. The zero-order chi connectivity index (χ0) is 17.0. The van der Waals surface area contributed by atoms with Crippen LogP contribution >= 0.6 is 0 Å². The van der Waals surface area contributed by atoms with Crippen LogP contribution in [0.4, 0.5) is 0 Å². The Kier molecular flexibility index (Phi) is 5.07. The molecule has 0 spiro atoms. The highest BCUT2D eigenvalue weighted by molar-refractivity contribution is 5.92. The van der Waals surface area contributed by atoms with Gasteiger partial charge in [-0.05, 0) is 37.0 Å². The van der Waals surface area contributed by atoms with E-state index in [1.165, 1.54) is 0 Å². The number of fused-ring (bicyclic) bond motifs is 1. The van der Waals surface area contributed by atoms with E-state index in [9.17, 15) is 9.59 Å². The number of carbonyl (C=O) groups excluding carboxylic acids is 2. The average Bonchev–Trinajstić information content (AvgIpc) is 3.03. The van der Waals surface area contributed by atoms with Gasteiger partial charge in [0.2, 0.25) is 11.8 Å². The number of amides is 2. The Morgan fingerprint density at radius 3 is 2.75 bits per heavy atom. The largest absolute Gasteiger partial charge is 0.493 e. The van der Waals surface area contributed by atoms with Crippen molar-refractivity contribution in [3.8, 4) is 5.75 Å². The first-order valence-electron chi connectivity index (χ1n) is 8.97. The smallest absolute Gasteiger partial charge is 0.245 e. The molecule has 1 heterocycles. The lowest BCUT2D eigenvalue weighted by Crippen LogP contribution is -2.60. The molecule has 0 saturated heterocycles. The number of likely N-dealkylation sites (N-methyl/N-ethyl adjacent to an activating group) is 1. The summed E-state index contributed by atoms with van der Waals surface area (Å²) in [6, 6.07) is 5.91. The second-order valence-corrected chi connectivity index (χ2v) is 6.77. The molecule has 3 rings (SSSR count). The molecule has 0 atom stereocenters. The lowest BCUT2D eigenvalue weighted by atomic mass is 9.80. The molecule has 1 saturated carbocycles. The molecular formula is C19H26N2O3. The van der Waals surface area contributed by atoms with Crippen LogP contribution in [0, 0.1) is 0 Å². The summed E-state index contributed by atoms with van der Waals surface area (Å²) in [7, 11) is 0. The molecule has 0 aromatic heterocycles. The predicted octanol–water partition coefficient (Wildman–Crippen LogP) is 2.12. The van der Waals surface area contributed by atoms with E-state index in [-0.39, 0.29) is 11.8 Å². The molecule has 5 nitrogen and oxygen atoms in total. The van der Waals surface area contributed by atoms with Crippen LogP contribution in [0.1, 0.15) is 50.2 Å². The van der Waals surface area contributed by atoms with Crippen LogP contribution in [0.5, 0.6) is 5.75 Å². The number of hydrogen-bond acceptors (Lipinski definition) is 3. The minimum Gasteiger partial charge on any atom is -0.493 e. The van der Waals surface area contributed by atoms with Crippen LogP contribution in [0.25, 0.3) is 0 Å². The Labute approximate surface area is 143 Å². The van der Waals surface area contributed by atoms with Gasteiger partial charge in [0.25, 0.3) is 0 Å². The van der Waals surface area contributed by atoms with Crippen molar-refractivity contribution in [3.63, 3.8) is 0 Å². The first-order chi connectivity index (χ1) is 11.6. The van der Waals surface area contributed by atoms with Crippen LogP contribution < -0.4 is 15.4 Å². The van der Waals surface area contributed by atoms with Crippen LogP contribution in [-0.2, 0) is 22.4 Å². The van der Waals surface area contributed by atoms with Crippen molar-refractivity contribution in [2.45, 2.75) is 57.4 Å². The van der Waals surface area contributed by atoms with Crippen molar-refractivity contribution in [1.82, 2.24) is 10.6 Å². The number of ether oxygens (including phenoxy) is 1. The van der Waals surface area contributed by atoms with Crippen molar-refractivity contribution >= 4 is 11.8 Å². The van der Waals surface area contributed by atoms with Gasteiger partial charge in [-0.3, -0.25) is 9.59 Å². The van der Waals surface area contributed by atoms with Gasteiger partial charge in [-0.25, -0.2) is 0 Å². The number of benzene rings is 1. The standard InChI is InChI=1S/C19H26N2O3/c1-2-20-18(23)19(9-4-3-5-10-19)21-17(22)13-14-6-7-16-15(12-14)8-11-24-16/h6-7,12H,2-5,8-11,13H2,1H3,(H,20,23)(H,21,22). The third-order valence-corrected chi connectivity index (χ3v) is 4.98. The monoisotopic (exact) mass is 330 g/mol. The molecule has 0 radical (unpaired) electrons. The third kappa shape index (κ3) is 3.55. The molecule has 5 heteroatoms. The Hall–Kier alpha value is -2.04. The van der Waals surface area contributed by atoms with Gasteiger partial charge in [-0.2, -0.15) is 0 Å². The number of nitrogens with one attached hydrogen (secondary N) is 2. The van der Waals surface area contributed by atoms with E-state index >= 15 is 0 Å². The lowest BCUT2D eigenvalue weighted by molar-refractivity contribution is -0.134. The average molecular weight is 330 g/mol. The second kappa shape index (κ2) is 7.24. The molecule has 1 aliphatic heterocycles. The predicted molar refractivity (Wildman–Crippen MR) is 92.0 cm³/mol. The van der Waals surface area contributed by atoms with E-state index in [1.807, 2.05) is 25.1 Å². The van der Waals surface area contributed by atoms with Crippen LogP contribution in [0.3, 0.4) is 0 Å². The molecular weight excluding hydrogens is 304 g/mol. The number of carbonyl (C=O) groups is 2. The van der Waals surface area contributed by atoms with E-state index in [0.29, 0.717) is 19.6 Å². The highest BCUT2D eigenvalue weighted by Gasteiger charge is 2.40. The summed E-state index contributed by atoms with van der Waals surface area (Å²) in [5.41, 5.74) is 1.40. The summed E-state index contributed by atoms with van der Waals surface area (Å²) >= 11 is 0. The van der Waals surface area contributed by atoms with Gasteiger partial charge < -0.3 is 15.4 Å². The molecule has 1 aromatic rings. The molecule has 2 N–H and O–H groups in total. The molecule has 24 heavy (non-hydrogen) atoms. The Morgan fingerprint density at radius 1 is 1.21 bits per heavy atom. The van der Waals surface area contributed by atoms with Crippen molar-refractivity contribution in [3.05, 3.63) is 29.3 Å². The van der Waals surface area contributed by atoms with Crippen molar-refractivity contribution in [2.75, 3.05) is 13.2 Å². The van der Waals surface area contributed by atoms with Gasteiger partial charge in [0.1, 0.15) is 11.3 Å². The normalized spacial score (nSPS) is 18.4. The van der Waals surface area contributed by atoms with E-state index in [1.54, 1.807) is 0 Å². The third-order valence-electron chi connectivity index (χ3n) is 4.98. The highest BCUT2D eigenvalue weighted by atomic mass is 16.5. The van der Waals surface area contributed by atoms with Crippen LogP contribution in [0.15, 0.2) is 18.2 Å². The lowest BCUT2D eigenvalue weighted by Gasteiger charge is -2.36.